The Labute approximate surface area is 149 Å². The van der Waals surface area contributed by atoms with Crippen LogP contribution in [0, 0.1) is 6.92 Å². The number of carbonyl (C=O) groups excluding carboxylic acids is 1. The summed E-state index contributed by atoms with van der Waals surface area (Å²) in [6, 6.07) is 6.30. The van der Waals surface area contributed by atoms with Gasteiger partial charge in [0.25, 0.3) is 0 Å². The standard InChI is InChI=1S/C19H29N3O3/c1-15-4-5-18-16(11-15)3-2-6-22(18)19(25)14-21-8-7-20(9-10-23)12-17(24)13-21/h4-5,11,17,23-24H,2-3,6-10,12-14H2,1H3/t17-/m1/s1. The Hall–Kier alpha value is -1.47. The fourth-order valence-corrected chi connectivity index (χ4v) is 3.87. The van der Waals surface area contributed by atoms with Crippen LogP contribution in [0.25, 0.3) is 0 Å². The van der Waals surface area contributed by atoms with Crippen LogP contribution in [0.3, 0.4) is 0 Å². The predicted octanol–water partition coefficient (Wildman–Crippen LogP) is 0.245. The fraction of sp³-hybridized carbons (Fsp3) is 0.632. The van der Waals surface area contributed by atoms with E-state index in [1.807, 2.05) is 14.7 Å². The first-order valence-electron chi connectivity index (χ1n) is 9.20. The molecule has 0 unspecified atom stereocenters. The molecule has 0 aromatic heterocycles. The summed E-state index contributed by atoms with van der Waals surface area (Å²) in [5.74, 6) is 0.104. The SMILES string of the molecule is Cc1ccc2c(c1)CCCN2C(=O)CN1CCN(CCO)C[C@@H](O)C1. The third-order valence-corrected chi connectivity index (χ3v) is 5.10. The highest BCUT2D eigenvalue weighted by Gasteiger charge is 2.27. The van der Waals surface area contributed by atoms with Gasteiger partial charge in [-0.25, -0.2) is 0 Å². The van der Waals surface area contributed by atoms with Crippen LogP contribution in [-0.4, -0.2) is 84.4 Å². The van der Waals surface area contributed by atoms with E-state index in [-0.39, 0.29) is 12.5 Å². The zero-order valence-corrected chi connectivity index (χ0v) is 15.0. The molecule has 1 atom stereocenters. The zero-order valence-electron chi connectivity index (χ0n) is 15.0. The molecular weight excluding hydrogens is 318 g/mol. The summed E-state index contributed by atoms with van der Waals surface area (Å²) in [4.78, 5) is 18.9. The zero-order chi connectivity index (χ0) is 17.8. The lowest BCUT2D eigenvalue weighted by Crippen LogP contribution is -2.45. The number of aryl methyl sites for hydroxylation is 2. The molecule has 1 fully saturated rings. The van der Waals surface area contributed by atoms with Crippen molar-refractivity contribution in [1.82, 2.24) is 9.80 Å². The smallest absolute Gasteiger partial charge is 0.241 e. The number of nitrogens with zero attached hydrogens (tertiary/aromatic N) is 3. The van der Waals surface area contributed by atoms with Crippen LogP contribution < -0.4 is 4.90 Å². The van der Waals surface area contributed by atoms with Gasteiger partial charge < -0.3 is 15.1 Å². The van der Waals surface area contributed by atoms with Gasteiger partial charge in [-0.15, -0.1) is 0 Å². The number of hydrogen-bond donors (Lipinski definition) is 2. The summed E-state index contributed by atoms with van der Waals surface area (Å²) in [6.45, 7) is 6.39. The van der Waals surface area contributed by atoms with Crippen molar-refractivity contribution in [2.75, 3.05) is 57.3 Å². The molecule has 0 radical (unpaired) electrons. The van der Waals surface area contributed by atoms with Gasteiger partial charge in [0.15, 0.2) is 0 Å². The Balaban J connectivity index is 1.65. The van der Waals surface area contributed by atoms with Gasteiger partial charge in [-0.05, 0) is 31.4 Å². The fourth-order valence-electron chi connectivity index (χ4n) is 3.87. The normalized spacial score (nSPS) is 22.5. The van der Waals surface area contributed by atoms with E-state index in [4.69, 9.17) is 5.11 Å². The molecule has 138 valence electrons. The summed E-state index contributed by atoms with van der Waals surface area (Å²) in [5.41, 5.74) is 3.52. The largest absolute Gasteiger partial charge is 0.395 e. The topological polar surface area (TPSA) is 67.3 Å². The lowest BCUT2D eigenvalue weighted by molar-refractivity contribution is -0.120. The molecule has 2 aliphatic heterocycles. The highest BCUT2D eigenvalue weighted by atomic mass is 16.3. The van der Waals surface area contributed by atoms with E-state index in [1.54, 1.807) is 0 Å². The molecule has 2 N–H and O–H groups in total. The Bertz CT molecular complexity index is 608. The monoisotopic (exact) mass is 347 g/mol. The predicted molar refractivity (Wildman–Crippen MR) is 97.8 cm³/mol. The molecule has 2 heterocycles. The lowest BCUT2D eigenvalue weighted by Gasteiger charge is -2.32. The molecule has 0 bridgehead atoms. The molecule has 6 heteroatoms. The Morgan fingerprint density at radius 3 is 2.76 bits per heavy atom. The van der Waals surface area contributed by atoms with Gasteiger partial charge >= 0.3 is 0 Å². The van der Waals surface area contributed by atoms with Gasteiger partial charge in [0.1, 0.15) is 0 Å². The Kier molecular flexibility index (Phi) is 6.06. The van der Waals surface area contributed by atoms with Crippen LogP contribution in [0.1, 0.15) is 17.5 Å². The number of β-amino-alcohol motifs (C(OH)–C–C–N with tert-alkyl or cyclic N) is 2. The maximum absolute atomic E-state index is 12.9. The van der Waals surface area contributed by atoms with Gasteiger partial charge in [-0.2, -0.15) is 0 Å². The molecule has 25 heavy (non-hydrogen) atoms. The number of fused-ring (bicyclic) bond motifs is 1. The minimum absolute atomic E-state index is 0.0929. The third kappa shape index (κ3) is 4.58. The summed E-state index contributed by atoms with van der Waals surface area (Å²) < 4.78 is 0. The van der Waals surface area contributed by atoms with E-state index >= 15 is 0 Å². The van der Waals surface area contributed by atoms with Gasteiger partial charge in [0.2, 0.25) is 5.91 Å². The maximum atomic E-state index is 12.9. The van der Waals surface area contributed by atoms with E-state index < -0.39 is 6.10 Å². The molecule has 0 aliphatic carbocycles. The maximum Gasteiger partial charge on any atom is 0.241 e. The third-order valence-electron chi connectivity index (χ3n) is 5.10. The number of rotatable bonds is 4. The van der Waals surface area contributed by atoms with Gasteiger partial charge in [0, 0.05) is 45.0 Å². The first-order valence-corrected chi connectivity index (χ1v) is 9.20. The Morgan fingerprint density at radius 1 is 1.20 bits per heavy atom. The van der Waals surface area contributed by atoms with Crippen LogP contribution in [0.2, 0.25) is 0 Å². The second-order valence-electron chi connectivity index (χ2n) is 7.19. The summed E-state index contributed by atoms with van der Waals surface area (Å²) in [7, 11) is 0. The molecule has 1 aromatic carbocycles. The van der Waals surface area contributed by atoms with Crippen molar-refractivity contribution in [2.24, 2.45) is 0 Å². The highest BCUT2D eigenvalue weighted by Crippen LogP contribution is 2.28. The molecule has 6 nitrogen and oxygen atoms in total. The minimum Gasteiger partial charge on any atom is -0.395 e. The summed E-state index contributed by atoms with van der Waals surface area (Å²) in [5, 5.41) is 19.3. The molecule has 2 aliphatic rings. The molecule has 3 rings (SSSR count). The van der Waals surface area contributed by atoms with Crippen LogP contribution in [0.4, 0.5) is 5.69 Å². The van der Waals surface area contributed by atoms with E-state index in [9.17, 15) is 9.90 Å². The van der Waals surface area contributed by atoms with Crippen LogP contribution in [0.15, 0.2) is 18.2 Å². The number of hydrogen-bond acceptors (Lipinski definition) is 5. The Morgan fingerprint density at radius 2 is 1.96 bits per heavy atom. The lowest BCUT2D eigenvalue weighted by atomic mass is 9.99. The van der Waals surface area contributed by atoms with Gasteiger partial charge in [0.05, 0.1) is 19.3 Å². The highest BCUT2D eigenvalue weighted by molar-refractivity contribution is 5.96. The van der Waals surface area contributed by atoms with E-state index in [0.717, 1.165) is 38.2 Å². The van der Waals surface area contributed by atoms with Crippen molar-refractivity contribution in [2.45, 2.75) is 25.9 Å². The summed E-state index contributed by atoms with van der Waals surface area (Å²) in [6.07, 6.45) is 1.53. The van der Waals surface area contributed by atoms with Crippen molar-refractivity contribution < 1.29 is 15.0 Å². The first kappa shape index (κ1) is 18.3. The summed E-state index contributed by atoms with van der Waals surface area (Å²) >= 11 is 0. The molecule has 1 saturated heterocycles. The van der Waals surface area contributed by atoms with E-state index in [2.05, 4.69) is 25.1 Å². The van der Waals surface area contributed by atoms with Crippen LogP contribution >= 0.6 is 0 Å². The number of amides is 1. The number of aliphatic hydroxyl groups is 2. The van der Waals surface area contributed by atoms with Crippen molar-refractivity contribution in [3.8, 4) is 0 Å². The number of anilines is 1. The van der Waals surface area contributed by atoms with E-state index in [1.165, 1.54) is 11.1 Å². The second-order valence-corrected chi connectivity index (χ2v) is 7.19. The van der Waals surface area contributed by atoms with Crippen molar-refractivity contribution >= 4 is 11.6 Å². The number of aliphatic hydroxyl groups excluding tert-OH is 2. The van der Waals surface area contributed by atoms with Crippen molar-refractivity contribution in [3.05, 3.63) is 29.3 Å². The average Bonchev–Trinajstić information content (AvgIpc) is 2.75. The average molecular weight is 347 g/mol. The quantitative estimate of drug-likeness (QED) is 0.817. The molecule has 1 aromatic rings. The molecule has 1 amide bonds. The minimum atomic E-state index is -0.488. The molecular formula is C19H29N3O3. The van der Waals surface area contributed by atoms with Crippen LogP contribution in [-0.2, 0) is 11.2 Å². The van der Waals surface area contributed by atoms with Crippen molar-refractivity contribution in [3.63, 3.8) is 0 Å². The van der Waals surface area contributed by atoms with Gasteiger partial charge in [-0.1, -0.05) is 17.7 Å². The second kappa shape index (κ2) is 8.27. The van der Waals surface area contributed by atoms with Gasteiger partial charge in [-0.3, -0.25) is 14.6 Å². The molecule has 0 saturated carbocycles. The van der Waals surface area contributed by atoms with Crippen LogP contribution in [0.5, 0.6) is 0 Å². The molecule has 0 spiro atoms. The van der Waals surface area contributed by atoms with Crippen molar-refractivity contribution in [1.29, 1.82) is 0 Å². The first-order chi connectivity index (χ1) is 12.1. The number of benzene rings is 1. The number of carbonyl (C=O) groups is 1. The van der Waals surface area contributed by atoms with E-state index in [0.29, 0.717) is 26.2 Å².